The highest BCUT2D eigenvalue weighted by Gasteiger charge is 2.35. The van der Waals surface area contributed by atoms with E-state index in [-0.39, 0.29) is 5.92 Å². The summed E-state index contributed by atoms with van der Waals surface area (Å²) < 4.78 is 12.3. The summed E-state index contributed by atoms with van der Waals surface area (Å²) in [6.45, 7) is 2.01. The van der Waals surface area contributed by atoms with Crippen LogP contribution in [0.3, 0.4) is 0 Å². The summed E-state index contributed by atoms with van der Waals surface area (Å²) in [5.41, 5.74) is 14.0. The number of benzene rings is 4. The predicted molar refractivity (Wildman–Crippen MR) is 124 cm³/mol. The van der Waals surface area contributed by atoms with E-state index in [0.717, 1.165) is 28.4 Å². The van der Waals surface area contributed by atoms with E-state index in [4.69, 9.17) is 20.9 Å². The number of ether oxygens (including phenoxy) is 2. The van der Waals surface area contributed by atoms with Crippen LogP contribution in [0.15, 0.2) is 109 Å². The summed E-state index contributed by atoms with van der Waals surface area (Å²) in [4.78, 5) is 0. The fourth-order valence-electron chi connectivity index (χ4n) is 3.57. The molecule has 156 valence electrons. The van der Waals surface area contributed by atoms with E-state index in [9.17, 15) is 0 Å². The van der Waals surface area contributed by atoms with Crippen LogP contribution in [0.2, 0.25) is 0 Å². The summed E-state index contributed by atoms with van der Waals surface area (Å²) in [5, 5.41) is 0. The third-order valence-corrected chi connectivity index (χ3v) is 5.40. The molecule has 4 heteroatoms. The van der Waals surface area contributed by atoms with Gasteiger partial charge in [-0.05, 0) is 36.4 Å². The summed E-state index contributed by atoms with van der Waals surface area (Å²) >= 11 is 0. The van der Waals surface area contributed by atoms with Crippen LogP contribution in [0.5, 0.6) is 23.0 Å². The van der Waals surface area contributed by atoms with Gasteiger partial charge in [-0.2, -0.15) is 0 Å². The molecule has 31 heavy (non-hydrogen) atoms. The Labute approximate surface area is 183 Å². The SMILES string of the molecule is CC(c1ccccc1Oc1ccccc1)C(N)(N)c1ccccc1Oc1ccccc1. The van der Waals surface area contributed by atoms with E-state index in [2.05, 4.69) is 0 Å². The summed E-state index contributed by atoms with van der Waals surface area (Å²) in [6, 6.07) is 34.7. The zero-order valence-electron chi connectivity index (χ0n) is 17.4. The van der Waals surface area contributed by atoms with Gasteiger partial charge in [0.25, 0.3) is 0 Å². The molecule has 0 heterocycles. The molecule has 1 atom stereocenters. The molecule has 0 radical (unpaired) electrons. The van der Waals surface area contributed by atoms with Crippen LogP contribution in [-0.2, 0) is 5.66 Å². The lowest BCUT2D eigenvalue weighted by atomic mass is 9.82. The quantitative estimate of drug-likeness (QED) is 0.359. The second kappa shape index (κ2) is 9.04. The highest BCUT2D eigenvalue weighted by atomic mass is 16.5. The lowest BCUT2D eigenvalue weighted by Crippen LogP contribution is -2.50. The lowest BCUT2D eigenvalue weighted by molar-refractivity contribution is 0.357. The van der Waals surface area contributed by atoms with Crippen LogP contribution in [-0.4, -0.2) is 0 Å². The first-order valence-electron chi connectivity index (χ1n) is 10.3. The summed E-state index contributed by atoms with van der Waals surface area (Å²) in [7, 11) is 0. The van der Waals surface area contributed by atoms with E-state index in [1.54, 1.807) is 0 Å². The van der Waals surface area contributed by atoms with Crippen molar-refractivity contribution in [2.24, 2.45) is 11.5 Å². The minimum Gasteiger partial charge on any atom is -0.457 e. The average molecular weight is 411 g/mol. The normalized spacial score (nSPS) is 12.2. The van der Waals surface area contributed by atoms with Crippen molar-refractivity contribution in [1.29, 1.82) is 0 Å². The van der Waals surface area contributed by atoms with Gasteiger partial charge in [-0.15, -0.1) is 0 Å². The smallest absolute Gasteiger partial charge is 0.133 e. The molecule has 4 N–H and O–H groups in total. The maximum absolute atomic E-state index is 6.77. The highest BCUT2D eigenvalue weighted by Crippen LogP contribution is 2.40. The summed E-state index contributed by atoms with van der Waals surface area (Å²) in [6.07, 6.45) is 0. The Bertz CT molecular complexity index is 1130. The fourth-order valence-corrected chi connectivity index (χ4v) is 3.57. The molecule has 0 saturated heterocycles. The summed E-state index contributed by atoms with van der Waals surface area (Å²) in [5.74, 6) is 2.59. The molecule has 0 amide bonds. The molecule has 1 unspecified atom stereocenters. The highest BCUT2D eigenvalue weighted by molar-refractivity contribution is 5.47. The van der Waals surface area contributed by atoms with E-state index >= 15 is 0 Å². The van der Waals surface area contributed by atoms with Crippen molar-refractivity contribution >= 4 is 0 Å². The van der Waals surface area contributed by atoms with Crippen molar-refractivity contribution in [2.75, 3.05) is 0 Å². The topological polar surface area (TPSA) is 70.5 Å². The molecule has 4 aromatic carbocycles. The van der Waals surface area contributed by atoms with Gasteiger partial charge in [0.1, 0.15) is 28.7 Å². The Kier molecular flexibility index (Phi) is 6.03. The monoisotopic (exact) mass is 410 g/mol. The van der Waals surface area contributed by atoms with Crippen molar-refractivity contribution in [3.63, 3.8) is 0 Å². The number of nitrogens with two attached hydrogens (primary N) is 2. The van der Waals surface area contributed by atoms with Crippen molar-refractivity contribution in [3.8, 4) is 23.0 Å². The molecule has 4 aromatic rings. The third-order valence-electron chi connectivity index (χ3n) is 5.40. The van der Waals surface area contributed by atoms with Crippen LogP contribution < -0.4 is 20.9 Å². The van der Waals surface area contributed by atoms with Gasteiger partial charge < -0.3 is 20.9 Å². The third kappa shape index (κ3) is 4.61. The number of rotatable bonds is 7. The maximum Gasteiger partial charge on any atom is 0.133 e. The number of para-hydroxylation sites is 4. The van der Waals surface area contributed by atoms with Crippen LogP contribution in [0, 0.1) is 0 Å². The van der Waals surface area contributed by atoms with Gasteiger partial charge in [-0.25, -0.2) is 0 Å². The Morgan fingerprint density at radius 3 is 1.65 bits per heavy atom. The Balaban J connectivity index is 1.67. The first-order chi connectivity index (χ1) is 15.1. The van der Waals surface area contributed by atoms with Crippen LogP contribution >= 0.6 is 0 Å². The van der Waals surface area contributed by atoms with Gasteiger partial charge in [0.2, 0.25) is 0 Å². The molecule has 4 nitrogen and oxygen atoms in total. The maximum atomic E-state index is 6.77. The van der Waals surface area contributed by atoms with Crippen molar-refractivity contribution < 1.29 is 9.47 Å². The van der Waals surface area contributed by atoms with Crippen LogP contribution in [0.4, 0.5) is 0 Å². The predicted octanol–water partition coefficient (Wildman–Crippen LogP) is 6.15. The number of hydrogen-bond acceptors (Lipinski definition) is 4. The van der Waals surface area contributed by atoms with E-state index in [1.165, 1.54) is 0 Å². The molecule has 0 fully saturated rings. The molecule has 0 aliphatic rings. The minimum atomic E-state index is -1.19. The molecule has 0 saturated carbocycles. The van der Waals surface area contributed by atoms with Crippen LogP contribution in [0.1, 0.15) is 24.0 Å². The van der Waals surface area contributed by atoms with Gasteiger partial charge in [0.15, 0.2) is 0 Å². The van der Waals surface area contributed by atoms with Crippen molar-refractivity contribution in [3.05, 3.63) is 120 Å². The standard InChI is InChI=1S/C27H26N2O2/c1-20(23-16-8-10-18-25(23)30-21-12-4-2-5-13-21)27(28,29)24-17-9-11-19-26(24)31-22-14-6-3-7-15-22/h2-20H,28-29H2,1H3. The van der Waals surface area contributed by atoms with Crippen molar-refractivity contribution in [1.82, 2.24) is 0 Å². The van der Waals surface area contributed by atoms with Gasteiger partial charge in [0.05, 0.1) is 0 Å². The molecule has 0 aliphatic heterocycles. The molecule has 4 rings (SSSR count). The average Bonchev–Trinajstić information content (AvgIpc) is 2.81. The van der Waals surface area contributed by atoms with Gasteiger partial charge in [-0.3, -0.25) is 0 Å². The first kappa shape index (κ1) is 20.7. The second-order valence-electron chi connectivity index (χ2n) is 7.52. The number of hydrogen-bond donors (Lipinski definition) is 2. The fraction of sp³-hybridized carbons (Fsp3) is 0.111. The minimum absolute atomic E-state index is 0.257. The van der Waals surface area contributed by atoms with E-state index in [1.807, 2.05) is 116 Å². The largest absolute Gasteiger partial charge is 0.457 e. The zero-order valence-corrected chi connectivity index (χ0v) is 17.4. The van der Waals surface area contributed by atoms with E-state index < -0.39 is 5.66 Å². The lowest BCUT2D eigenvalue weighted by Gasteiger charge is -2.34. The van der Waals surface area contributed by atoms with Crippen LogP contribution in [0.25, 0.3) is 0 Å². The van der Waals surface area contributed by atoms with Crippen molar-refractivity contribution in [2.45, 2.75) is 18.5 Å². The first-order valence-corrected chi connectivity index (χ1v) is 10.3. The zero-order chi connectivity index (χ0) is 21.7. The molecule has 0 aromatic heterocycles. The Hall–Kier alpha value is -3.60. The second-order valence-corrected chi connectivity index (χ2v) is 7.52. The Morgan fingerprint density at radius 1 is 0.581 bits per heavy atom. The van der Waals surface area contributed by atoms with Gasteiger partial charge >= 0.3 is 0 Å². The molecular weight excluding hydrogens is 384 g/mol. The Morgan fingerprint density at radius 2 is 1.03 bits per heavy atom. The molecule has 0 aliphatic carbocycles. The van der Waals surface area contributed by atoms with E-state index in [0.29, 0.717) is 5.75 Å². The van der Waals surface area contributed by atoms with Gasteiger partial charge in [-0.1, -0.05) is 79.7 Å². The molecule has 0 bridgehead atoms. The molecule has 0 spiro atoms. The molecular formula is C27H26N2O2. The van der Waals surface area contributed by atoms with Gasteiger partial charge in [0, 0.05) is 17.0 Å².